The highest BCUT2D eigenvalue weighted by atomic mass is 32.1. The number of ether oxygens (including phenoxy) is 1. The predicted molar refractivity (Wildman–Crippen MR) is 57.5 cm³/mol. The normalized spacial score (nSPS) is 14.0. The highest BCUT2D eigenvalue weighted by Crippen LogP contribution is 2.15. The van der Waals surface area contributed by atoms with Crippen LogP contribution in [-0.4, -0.2) is 25.4 Å². The first-order chi connectivity index (χ1) is 7.47. The van der Waals surface area contributed by atoms with Gasteiger partial charge in [-0.15, -0.1) is 11.3 Å². The largest absolute Gasteiger partial charge is 0.411 e. The van der Waals surface area contributed by atoms with Crippen molar-refractivity contribution in [1.29, 1.82) is 0 Å². The minimum atomic E-state index is -4.27. The maximum absolute atomic E-state index is 11.8. The quantitative estimate of drug-likeness (QED) is 0.845. The van der Waals surface area contributed by atoms with E-state index in [2.05, 4.69) is 4.74 Å². The van der Waals surface area contributed by atoms with E-state index in [-0.39, 0.29) is 12.6 Å². The third-order valence-corrected chi connectivity index (χ3v) is 2.88. The molecule has 1 heterocycles. The van der Waals surface area contributed by atoms with Crippen LogP contribution in [0.3, 0.4) is 0 Å². The third kappa shape index (κ3) is 6.09. The maximum atomic E-state index is 11.8. The third-order valence-electron chi connectivity index (χ3n) is 1.94. The van der Waals surface area contributed by atoms with Crippen molar-refractivity contribution in [3.8, 4) is 0 Å². The Morgan fingerprint density at radius 1 is 1.44 bits per heavy atom. The van der Waals surface area contributed by atoms with Gasteiger partial charge in [0.15, 0.2) is 0 Å². The molecule has 1 atom stereocenters. The van der Waals surface area contributed by atoms with Crippen molar-refractivity contribution in [2.24, 2.45) is 5.73 Å². The van der Waals surface area contributed by atoms with Crippen LogP contribution in [0.5, 0.6) is 0 Å². The molecule has 0 bridgehead atoms. The molecule has 1 unspecified atom stereocenters. The van der Waals surface area contributed by atoms with Gasteiger partial charge < -0.3 is 10.5 Å². The first-order valence-corrected chi connectivity index (χ1v) is 5.78. The van der Waals surface area contributed by atoms with Crippen LogP contribution >= 0.6 is 11.3 Å². The van der Waals surface area contributed by atoms with Crippen molar-refractivity contribution >= 4 is 11.3 Å². The second-order valence-electron chi connectivity index (χ2n) is 3.51. The van der Waals surface area contributed by atoms with E-state index in [9.17, 15) is 13.2 Å². The second-order valence-corrected chi connectivity index (χ2v) is 4.54. The van der Waals surface area contributed by atoms with Gasteiger partial charge >= 0.3 is 6.18 Å². The van der Waals surface area contributed by atoms with E-state index in [4.69, 9.17) is 5.73 Å². The molecule has 0 aliphatic rings. The van der Waals surface area contributed by atoms with E-state index in [1.807, 2.05) is 17.5 Å². The summed E-state index contributed by atoms with van der Waals surface area (Å²) in [6.45, 7) is -1.27. The first-order valence-electron chi connectivity index (χ1n) is 4.90. The van der Waals surface area contributed by atoms with Crippen LogP contribution in [-0.2, 0) is 11.2 Å². The molecule has 2 nitrogen and oxygen atoms in total. The number of hydrogen-bond acceptors (Lipinski definition) is 3. The summed E-state index contributed by atoms with van der Waals surface area (Å²) < 4.78 is 39.7. The Morgan fingerprint density at radius 3 is 2.75 bits per heavy atom. The van der Waals surface area contributed by atoms with Gasteiger partial charge in [-0.3, -0.25) is 0 Å². The Bertz CT molecular complexity index is 287. The number of alkyl halides is 3. The molecule has 0 amide bonds. The Morgan fingerprint density at radius 2 is 2.19 bits per heavy atom. The molecule has 16 heavy (non-hydrogen) atoms. The molecule has 0 saturated heterocycles. The molecule has 0 fully saturated rings. The fraction of sp³-hybridized carbons (Fsp3) is 0.600. The van der Waals surface area contributed by atoms with E-state index in [1.165, 1.54) is 4.88 Å². The minimum Gasteiger partial charge on any atom is -0.370 e. The summed E-state index contributed by atoms with van der Waals surface area (Å²) in [5, 5.41) is 1.96. The molecule has 0 aromatic carbocycles. The summed E-state index contributed by atoms with van der Waals surface area (Å²) in [5.74, 6) is 0. The fourth-order valence-electron chi connectivity index (χ4n) is 1.19. The van der Waals surface area contributed by atoms with Gasteiger partial charge in [-0.1, -0.05) is 6.07 Å². The molecule has 6 heteroatoms. The maximum Gasteiger partial charge on any atom is 0.411 e. The lowest BCUT2D eigenvalue weighted by Crippen LogP contribution is -2.29. The topological polar surface area (TPSA) is 35.2 Å². The molecule has 2 N–H and O–H groups in total. The molecule has 0 spiro atoms. The molecule has 0 radical (unpaired) electrons. The van der Waals surface area contributed by atoms with Crippen molar-refractivity contribution in [2.75, 3.05) is 13.2 Å². The van der Waals surface area contributed by atoms with Gasteiger partial charge in [0.05, 0.1) is 6.61 Å². The standard InChI is InChI=1S/C10H14F3NOS/c11-10(12,13)7-15-6-8(14)3-4-9-2-1-5-16-9/h1-2,5,8H,3-4,6-7,14H2. The Hall–Kier alpha value is -0.590. The average Bonchev–Trinajstić information content (AvgIpc) is 2.65. The van der Waals surface area contributed by atoms with Gasteiger partial charge in [-0.05, 0) is 24.3 Å². The van der Waals surface area contributed by atoms with Crippen molar-refractivity contribution in [2.45, 2.75) is 25.1 Å². The number of thiophene rings is 1. The number of halogens is 3. The zero-order valence-electron chi connectivity index (χ0n) is 8.67. The molecular weight excluding hydrogens is 239 g/mol. The first kappa shape index (κ1) is 13.5. The lowest BCUT2D eigenvalue weighted by molar-refractivity contribution is -0.174. The molecular formula is C10H14F3NOS. The highest BCUT2D eigenvalue weighted by Gasteiger charge is 2.27. The van der Waals surface area contributed by atoms with Crippen LogP contribution in [0.15, 0.2) is 17.5 Å². The molecule has 0 saturated carbocycles. The SMILES string of the molecule is NC(CCc1cccs1)COCC(F)(F)F. The van der Waals surface area contributed by atoms with Crippen LogP contribution in [0.4, 0.5) is 13.2 Å². The predicted octanol–water partition coefficient (Wildman–Crippen LogP) is 2.59. The lowest BCUT2D eigenvalue weighted by atomic mass is 10.1. The van der Waals surface area contributed by atoms with E-state index in [0.717, 1.165) is 6.42 Å². The summed E-state index contributed by atoms with van der Waals surface area (Å²) in [7, 11) is 0. The van der Waals surface area contributed by atoms with Crippen LogP contribution in [0.1, 0.15) is 11.3 Å². The van der Waals surface area contributed by atoms with Crippen LogP contribution in [0, 0.1) is 0 Å². The summed E-state index contributed by atoms with van der Waals surface area (Å²) in [6.07, 6.45) is -2.85. The molecule has 1 aromatic rings. The number of rotatable bonds is 6. The smallest absolute Gasteiger partial charge is 0.370 e. The Balaban J connectivity index is 2.09. The van der Waals surface area contributed by atoms with Crippen LogP contribution in [0.25, 0.3) is 0 Å². The summed E-state index contributed by atoms with van der Waals surface area (Å²) in [4.78, 5) is 1.19. The van der Waals surface area contributed by atoms with Gasteiger partial charge in [0.1, 0.15) is 6.61 Å². The summed E-state index contributed by atoms with van der Waals surface area (Å²) >= 11 is 1.62. The minimum absolute atomic E-state index is 0.0507. The Kier molecular flexibility index (Phi) is 5.24. The monoisotopic (exact) mass is 253 g/mol. The zero-order chi connectivity index (χ0) is 12.0. The van der Waals surface area contributed by atoms with Gasteiger partial charge in [-0.25, -0.2) is 0 Å². The van der Waals surface area contributed by atoms with Crippen molar-refractivity contribution in [3.05, 3.63) is 22.4 Å². The molecule has 92 valence electrons. The summed E-state index contributed by atoms with van der Waals surface area (Å²) in [5.41, 5.74) is 5.63. The zero-order valence-corrected chi connectivity index (χ0v) is 9.48. The van der Waals surface area contributed by atoms with Gasteiger partial charge in [0, 0.05) is 10.9 Å². The van der Waals surface area contributed by atoms with Crippen molar-refractivity contribution in [3.63, 3.8) is 0 Å². The number of hydrogen-bond donors (Lipinski definition) is 1. The molecule has 0 aliphatic carbocycles. The van der Waals surface area contributed by atoms with Gasteiger partial charge in [0.25, 0.3) is 0 Å². The van der Waals surface area contributed by atoms with Crippen molar-refractivity contribution < 1.29 is 17.9 Å². The Labute approximate surface area is 96.2 Å². The van der Waals surface area contributed by atoms with Crippen molar-refractivity contribution in [1.82, 2.24) is 0 Å². The summed E-state index contributed by atoms with van der Waals surface area (Å²) in [6, 6.07) is 3.57. The fourth-order valence-corrected chi connectivity index (χ4v) is 1.92. The number of nitrogens with two attached hydrogens (primary N) is 1. The van der Waals surface area contributed by atoms with Crippen LogP contribution in [0.2, 0.25) is 0 Å². The van der Waals surface area contributed by atoms with E-state index in [0.29, 0.717) is 6.42 Å². The number of aryl methyl sites for hydroxylation is 1. The lowest BCUT2D eigenvalue weighted by Gasteiger charge is -2.12. The molecule has 1 aromatic heterocycles. The van der Waals surface area contributed by atoms with Crippen LogP contribution < -0.4 is 5.73 Å². The van der Waals surface area contributed by atoms with E-state index >= 15 is 0 Å². The van der Waals surface area contributed by atoms with Gasteiger partial charge in [0.2, 0.25) is 0 Å². The highest BCUT2D eigenvalue weighted by molar-refractivity contribution is 7.09. The van der Waals surface area contributed by atoms with Gasteiger partial charge in [-0.2, -0.15) is 13.2 Å². The van der Waals surface area contributed by atoms with E-state index in [1.54, 1.807) is 11.3 Å². The average molecular weight is 253 g/mol. The van der Waals surface area contributed by atoms with E-state index < -0.39 is 12.8 Å². The molecule has 0 aliphatic heterocycles. The molecule has 1 rings (SSSR count). The second kappa shape index (κ2) is 6.22.